The van der Waals surface area contributed by atoms with Crippen molar-refractivity contribution in [2.75, 3.05) is 5.32 Å². The molecule has 2 rings (SSSR count). The van der Waals surface area contributed by atoms with Gasteiger partial charge in [-0.25, -0.2) is 0 Å². The van der Waals surface area contributed by atoms with E-state index in [9.17, 15) is 13.2 Å². The molecule has 0 aromatic heterocycles. The van der Waals surface area contributed by atoms with Crippen LogP contribution in [0.4, 0.5) is 5.69 Å². The van der Waals surface area contributed by atoms with Gasteiger partial charge in [0.15, 0.2) is 0 Å². The Morgan fingerprint density at radius 2 is 1.81 bits per heavy atom. The van der Waals surface area contributed by atoms with Gasteiger partial charge < -0.3 is 9.50 Å². The lowest BCUT2D eigenvalue weighted by Crippen LogP contribution is -2.12. The zero-order valence-corrected chi connectivity index (χ0v) is 12.3. The molecule has 1 N–H and O–H groups in total. The van der Waals surface area contributed by atoms with Crippen molar-refractivity contribution in [2.24, 2.45) is 0 Å². The molecule has 21 heavy (non-hydrogen) atoms. The largest absolute Gasteiger partial charge is 0.382 e. The monoisotopic (exact) mass is 305 g/mol. The van der Waals surface area contributed by atoms with Gasteiger partial charge in [-0.1, -0.05) is 36.4 Å². The van der Waals surface area contributed by atoms with Crippen molar-refractivity contribution in [3.8, 4) is 5.75 Å². The van der Waals surface area contributed by atoms with Gasteiger partial charge in [-0.15, -0.1) is 0 Å². The van der Waals surface area contributed by atoms with Crippen molar-refractivity contribution < 1.29 is 17.4 Å². The van der Waals surface area contributed by atoms with Gasteiger partial charge in [-0.05, 0) is 17.7 Å². The average molecular weight is 305 g/mol. The van der Waals surface area contributed by atoms with Gasteiger partial charge in [0.1, 0.15) is 11.5 Å². The van der Waals surface area contributed by atoms with Crippen molar-refractivity contribution in [1.82, 2.24) is 0 Å². The van der Waals surface area contributed by atoms with Crippen LogP contribution in [0.1, 0.15) is 12.5 Å². The molecule has 0 heterocycles. The minimum absolute atomic E-state index is 0.164. The van der Waals surface area contributed by atoms with Crippen LogP contribution in [0.25, 0.3) is 0 Å². The lowest BCUT2D eigenvalue weighted by molar-refractivity contribution is -0.114. The number of hydrogen-bond donors (Lipinski definition) is 1. The van der Waals surface area contributed by atoms with Gasteiger partial charge in [0, 0.05) is 18.7 Å². The molecule has 110 valence electrons. The lowest BCUT2D eigenvalue weighted by atomic mass is 10.2. The Hall–Kier alpha value is -2.34. The predicted octanol–water partition coefficient (Wildman–Crippen LogP) is 2.55. The van der Waals surface area contributed by atoms with Gasteiger partial charge in [0.05, 0.1) is 0 Å². The summed E-state index contributed by atoms with van der Waals surface area (Å²) in [5.41, 5.74) is 1.13. The highest BCUT2D eigenvalue weighted by atomic mass is 32.2. The number of benzene rings is 2. The Morgan fingerprint density at radius 1 is 1.10 bits per heavy atom. The van der Waals surface area contributed by atoms with Gasteiger partial charge >= 0.3 is 10.1 Å². The maximum Gasteiger partial charge on any atom is 0.313 e. The highest BCUT2D eigenvalue weighted by Crippen LogP contribution is 2.20. The van der Waals surface area contributed by atoms with Crippen LogP contribution in [0.3, 0.4) is 0 Å². The van der Waals surface area contributed by atoms with Crippen LogP contribution < -0.4 is 9.50 Å². The van der Waals surface area contributed by atoms with Crippen LogP contribution in [-0.2, 0) is 20.7 Å². The molecule has 0 radical (unpaired) electrons. The molecule has 2 aromatic carbocycles. The minimum Gasteiger partial charge on any atom is -0.382 e. The van der Waals surface area contributed by atoms with Gasteiger partial charge in [-0.2, -0.15) is 8.42 Å². The topological polar surface area (TPSA) is 72.5 Å². The first-order valence-corrected chi connectivity index (χ1v) is 7.86. The molecule has 0 unspecified atom stereocenters. The number of amides is 1. The Morgan fingerprint density at radius 3 is 2.48 bits per heavy atom. The van der Waals surface area contributed by atoms with Crippen molar-refractivity contribution in [1.29, 1.82) is 0 Å². The zero-order chi connectivity index (χ0) is 15.3. The fraction of sp³-hybridized carbons (Fsp3) is 0.133. The molecule has 0 fully saturated rings. The first-order valence-electron chi connectivity index (χ1n) is 6.28. The second kappa shape index (κ2) is 6.41. The fourth-order valence-electron chi connectivity index (χ4n) is 1.78. The van der Waals surface area contributed by atoms with E-state index in [4.69, 9.17) is 4.18 Å². The fourth-order valence-corrected chi connectivity index (χ4v) is 2.84. The quantitative estimate of drug-likeness (QED) is 0.862. The standard InChI is InChI=1S/C15H15NO4S/c1-12(17)16-14-8-5-9-15(10-14)20-21(18,19)11-13-6-3-2-4-7-13/h2-10H,11H2,1H3,(H,16,17). The van der Waals surface area contributed by atoms with Gasteiger partial charge in [-0.3, -0.25) is 4.79 Å². The summed E-state index contributed by atoms with van der Waals surface area (Å²) in [6.45, 7) is 1.37. The maximum absolute atomic E-state index is 12.0. The SMILES string of the molecule is CC(=O)Nc1cccc(OS(=O)(=O)Cc2ccccc2)c1. The van der Waals surface area contributed by atoms with Crippen molar-refractivity contribution in [2.45, 2.75) is 12.7 Å². The number of hydrogen-bond acceptors (Lipinski definition) is 4. The highest BCUT2D eigenvalue weighted by Gasteiger charge is 2.14. The van der Waals surface area contributed by atoms with E-state index in [2.05, 4.69) is 5.32 Å². The molecule has 0 aliphatic rings. The second-order valence-electron chi connectivity index (χ2n) is 4.48. The Kier molecular flexibility index (Phi) is 4.59. The molecule has 0 bridgehead atoms. The molecule has 1 amide bonds. The molecule has 5 nitrogen and oxygen atoms in total. The third-order valence-electron chi connectivity index (χ3n) is 2.56. The predicted molar refractivity (Wildman–Crippen MR) is 80.4 cm³/mol. The summed E-state index contributed by atoms with van der Waals surface area (Å²) < 4.78 is 29.0. The molecule has 0 saturated carbocycles. The number of nitrogens with one attached hydrogen (secondary N) is 1. The number of anilines is 1. The van der Waals surface area contributed by atoms with Crippen LogP contribution in [0.15, 0.2) is 54.6 Å². The van der Waals surface area contributed by atoms with Crippen LogP contribution in [0.2, 0.25) is 0 Å². The summed E-state index contributed by atoms with van der Waals surface area (Å²) in [6, 6.07) is 15.0. The van der Waals surface area contributed by atoms with Gasteiger partial charge in [0.25, 0.3) is 0 Å². The van der Waals surface area contributed by atoms with Gasteiger partial charge in [0.2, 0.25) is 5.91 Å². The van der Waals surface area contributed by atoms with Crippen LogP contribution in [0.5, 0.6) is 5.75 Å². The van der Waals surface area contributed by atoms with E-state index >= 15 is 0 Å². The average Bonchev–Trinajstić information content (AvgIpc) is 2.38. The molecule has 2 aromatic rings. The molecule has 6 heteroatoms. The van der Waals surface area contributed by atoms with E-state index in [1.165, 1.54) is 19.1 Å². The van der Waals surface area contributed by atoms with Crippen molar-refractivity contribution >= 4 is 21.7 Å². The summed E-state index contributed by atoms with van der Waals surface area (Å²) >= 11 is 0. The molecule has 0 aliphatic carbocycles. The second-order valence-corrected chi connectivity index (χ2v) is 6.05. The summed E-state index contributed by atoms with van der Waals surface area (Å²) in [5, 5.41) is 2.57. The van der Waals surface area contributed by atoms with E-state index < -0.39 is 10.1 Å². The smallest absolute Gasteiger partial charge is 0.313 e. The van der Waals surface area contributed by atoms with Crippen LogP contribution in [-0.4, -0.2) is 14.3 Å². The molecule has 0 atom stereocenters. The summed E-state index contributed by atoms with van der Waals surface area (Å²) in [6.07, 6.45) is 0. The van der Waals surface area contributed by atoms with Crippen molar-refractivity contribution in [3.05, 3.63) is 60.2 Å². The van der Waals surface area contributed by atoms with E-state index in [0.717, 1.165) is 0 Å². The Bertz CT molecular complexity index is 726. The maximum atomic E-state index is 12.0. The third kappa shape index (κ3) is 4.92. The summed E-state index contributed by atoms with van der Waals surface area (Å²) in [7, 11) is -3.75. The van der Waals surface area contributed by atoms with E-state index in [1.807, 2.05) is 6.07 Å². The number of rotatable bonds is 5. The lowest BCUT2D eigenvalue weighted by Gasteiger charge is -2.08. The van der Waals surface area contributed by atoms with Crippen LogP contribution in [0, 0.1) is 0 Å². The summed E-state index contributed by atoms with van der Waals surface area (Å²) in [4.78, 5) is 11.0. The number of carbonyl (C=O) groups is 1. The highest BCUT2D eigenvalue weighted by molar-refractivity contribution is 7.86. The molecule has 0 aliphatic heterocycles. The van der Waals surface area contributed by atoms with Crippen LogP contribution >= 0.6 is 0 Å². The molecular formula is C15H15NO4S. The third-order valence-corrected chi connectivity index (χ3v) is 3.70. The van der Waals surface area contributed by atoms with E-state index in [1.54, 1.807) is 36.4 Å². The zero-order valence-electron chi connectivity index (χ0n) is 11.4. The molecule has 0 saturated heterocycles. The molecule has 0 spiro atoms. The van der Waals surface area contributed by atoms with E-state index in [0.29, 0.717) is 11.3 Å². The first kappa shape index (κ1) is 15.1. The Balaban J connectivity index is 2.11. The first-order chi connectivity index (χ1) is 9.94. The number of carbonyl (C=O) groups excluding carboxylic acids is 1. The normalized spacial score (nSPS) is 10.9. The van der Waals surface area contributed by atoms with E-state index in [-0.39, 0.29) is 17.4 Å². The summed E-state index contributed by atoms with van der Waals surface area (Å²) in [5.74, 6) is -0.283. The Labute approximate surface area is 123 Å². The molecular weight excluding hydrogens is 290 g/mol. The minimum atomic E-state index is -3.75. The van der Waals surface area contributed by atoms with Crippen molar-refractivity contribution in [3.63, 3.8) is 0 Å².